The molecule has 148 valence electrons. The van der Waals surface area contributed by atoms with Crippen molar-refractivity contribution < 1.29 is 4.39 Å². The van der Waals surface area contributed by atoms with Crippen LogP contribution in [0, 0.1) is 5.82 Å². The fourth-order valence-electron chi connectivity index (χ4n) is 3.81. The molecule has 0 amide bonds. The Labute approximate surface area is 170 Å². The largest absolute Gasteiger partial charge is 0.342 e. The molecule has 0 radical (unpaired) electrons. The maximum Gasteiger partial charge on any atom is 0.268 e. The van der Waals surface area contributed by atoms with Crippen LogP contribution in [0.15, 0.2) is 66.0 Å². The van der Waals surface area contributed by atoms with Gasteiger partial charge in [-0.1, -0.05) is 31.2 Å². The maximum absolute atomic E-state index is 14.6. The summed E-state index contributed by atoms with van der Waals surface area (Å²) in [6.45, 7) is 1.99. The van der Waals surface area contributed by atoms with Gasteiger partial charge in [0.25, 0.3) is 5.56 Å². The Hall–Kier alpha value is -3.94. The molecule has 1 atom stereocenters. The minimum atomic E-state index is -0.590. The van der Waals surface area contributed by atoms with Crippen molar-refractivity contribution >= 4 is 22.1 Å². The lowest BCUT2D eigenvalue weighted by Crippen LogP contribution is -2.27. The number of imidazole rings is 1. The summed E-state index contributed by atoms with van der Waals surface area (Å²) in [6.07, 6.45) is 3.63. The summed E-state index contributed by atoms with van der Waals surface area (Å²) in [5.74, 6) is -0.440. The Morgan fingerprint density at radius 1 is 1.07 bits per heavy atom. The molecule has 0 aliphatic rings. The number of para-hydroxylation sites is 1. The molecule has 3 aromatic heterocycles. The van der Waals surface area contributed by atoms with Crippen LogP contribution >= 0.6 is 0 Å². The molecule has 0 aliphatic carbocycles. The smallest absolute Gasteiger partial charge is 0.268 e. The lowest BCUT2D eigenvalue weighted by Gasteiger charge is -2.20. The number of rotatable bonds is 4. The molecule has 30 heavy (non-hydrogen) atoms. The van der Waals surface area contributed by atoms with E-state index in [1.165, 1.54) is 17.0 Å². The van der Waals surface area contributed by atoms with Crippen LogP contribution < -0.4 is 5.56 Å². The van der Waals surface area contributed by atoms with E-state index in [4.69, 9.17) is 4.98 Å². The first-order valence-corrected chi connectivity index (χ1v) is 9.59. The quantitative estimate of drug-likeness (QED) is 0.496. The van der Waals surface area contributed by atoms with Gasteiger partial charge in [-0.15, -0.1) is 0 Å². The molecule has 0 spiro atoms. The first-order chi connectivity index (χ1) is 14.7. The SMILES string of the molecule is CC[C@@H](c1ncnc2nc[nH]c12)c1nc2cccc(F)c2c(=O)n1-c1ccccc1. The van der Waals surface area contributed by atoms with Crippen molar-refractivity contribution in [3.05, 3.63) is 88.9 Å². The zero-order valence-corrected chi connectivity index (χ0v) is 16.1. The van der Waals surface area contributed by atoms with Crippen LogP contribution in [0.5, 0.6) is 0 Å². The van der Waals surface area contributed by atoms with Gasteiger partial charge in [-0.2, -0.15) is 0 Å². The number of aromatic nitrogens is 6. The van der Waals surface area contributed by atoms with E-state index in [0.29, 0.717) is 40.3 Å². The molecule has 2 aromatic carbocycles. The highest BCUT2D eigenvalue weighted by atomic mass is 19.1. The van der Waals surface area contributed by atoms with E-state index in [0.717, 1.165) is 0 Å². The molecule has 0 unspecified atom stereocenters. The van der Waals surface area contributed by atoms with Gasteiger partial charge in [0.1, 0.15) is 28.9 Å². The topological polar surface area (TPSA) is 89.3 Å². The lowest BCUT2D eigenvalue weighted by molar-refractivity contribution is 0.631. The molecule has 0 saturated heterocycles. The summed E-state index contributed by atoms with van der Waals surface area (Å²) < 4.78 is 16.0. The van der Waals surface area contributed by atoms with E-state index in [2.05, 4.69) is 19.9 Å². The number of benzene rings is 2. The molecule has 0 bridgehead atoms. The summed E-state index contributed by atoms with van der Waals surface area (Å²) in [7, 11) is 0. The molecular weight excluding hydrogens is 383 g/mol. The molecule has 8 heteroatoms. The standard InChI is InChI=1S/C22H17FN6O/c1-2-14(18-19-20(26-11-24-18)27-12-25-19)21-28-16-10-6-9-15(23)17(16)22(30)29(21)13-7-4-3-5-8-13/h3-12,14H,2H2,1H3,(H,24,25,26,27)/t14-/m0/s1. The molecule has 5 aromatic rings. The molecule has 1 N–H and O–H groups in total. The second-order valence-electron chi connectivity index (χ2n) is 6.90. The number of nitrogens with zero attached hydrogens (tertiary/aromatic N) is 5. The number of hydrogen-bond donors (Lipinski definition) is 1. The van der Waals surface area contributed by atoms with Crippen LogP contribution in [0.25, 0.3) is 27.8 Å². The molecule has 3 heterocycles. The molecule has 5 rings (SSSR count). The minimum absolute atomic E-state index is 0.0330. The molecule has 0 fully saturated rings. The van der Waals surface area contributed by atoms with E-state index < -0.39 is 11.4 Å². The van der Waals surface area contributed by atoms with E-state index in [1.807, 2.05) is 25.1 Å². The van der Waals surface area contributed by atoms with Crippen molar-refractivity contribution in [1.82, 2.24) is 29.5 Å². The first kappa shape index (κ1) is 18.1. The first-order valence-electron chi connectivity index (χ1n) is 9.59. The third kappa shape index (κ3) is 2.76. The summed E-state index contributed by atoms with van der Waals surface area (Å²) in [4.78, 5) is 34.1. The van der Waals surface area contributed by atoms with Gasteiger partial charge >= 0.3 is 0 Å². The Balaban J connectivity index is 1.88. The lowest BCUT2D eigenvalue weighted by atomic mass is 9.99. The van der Waals surface area contributed by atoms with Gasteiger partial charge in [0, 0.05) is 0 Å². The number of H-pyrrole nitrogens is 1. The minimum Gasteiger partial charge on any atom is -0.342 e. The third-order valence-electron chi connectivity index (χ3n) is 5.19. The van der Waals surface area contributed by atoms with Crippen LogP contribution in [0.4, 0.5) is 4.39 Å². The third-order valence-corrected chi connectivity index (χ3v) is 5.19. The highest BCUT2D eigenvalue weighted by molar-refractivity contribution is 5.79. The van der Waals surface area contributed by atoms with E-state index in [1.54, 1.807) is 30.6 Å². The van der Waals surface area contributed by atoms with Crippen molar-refractivity contribution in [1.29, 1.82) is 0 Å². The fraction of sp³-hybridized carbons (Fsp3) is 0.136. The second-order valence-corrected chi connectivity index (χ2v) is 6.90. The zero-order valence-electron chi connectivity index (χ0n) is 16.1. The van der Waals surface area contributed by atoms with Crippen molar-refractivity contribution in [3.8, 4) is 5.69 Å². The Kier molecular flexibility index (Phi) is 4.31. The van der Waals surface area contributed by atoms with Crippen molar-refractivity contribution in [3.63, 3.8) is 0 Å². The molecule has 0 aliphatic heterocycles. The highest BCUT2D eigenvalue weighted by Gasteiger charge is 2.26. The van der Waals surface area contributed by atoms with Gasteiger partial charge in [-0.05, 0) is 30.7 Å². The summed E-state index contributed by atoms with van der Waals surface area (Å²) in [5.41, 5.74) is 2.40. The van der Waals surface area contributed by atoms with Crippen molar-refractivity contribution in [2.75, 3.05) is 0 Å². The van der Waals surface area contributed by atoms with Crippen molar-refractivity contribution in [2.45, 2.75) is 19.3 Å². The van der Waals surface area contributed by atoms with Gasteiger partial charge < -0.3 is 4.98 Å². The van der Waals surface area contributed by atoms with Gasteiger partial charge in [-0.3, -0.25) is 9.36 Å². The Bertz CT molecular complexity index is 1430. The van der Waals surface area contributed by atoms with Gasteiger partial charge in [-0.25, -0.2) is 24.3 Å². The molecular formula is C22H17FN6O. The molecule has 7 nitrogen and oxygen atoms in total. The van der Waals surface area contributed by atoms with Crippen molar-refractivity contribution in [2.24, 2.45) is 0 Å². The van der Waals surface area contributed by atoms with Crippen LogP contribution in [0.1, 0.15) is 30.8 Å². The summed E-state index contributed by atoms with van der Waals surface area (Å²) in [6, 6.07) is 13.6. The van der Waals surface area contributed by atoms with Crippen LogP contribution in [-0.4, -0.2) is 29.5 Å². The van der Waals surface area contributed by atoms with E-state index >= 15 is 0 Å². The van der Waals surface area contributed by atoms with Crippen LogP contribution in [-0.2, 0) is 0 Å². The number of nitrogens with one attached hydrogen (secondary N) is 1. The van der Waals surface area contributed by atoms with Gasteiger partial charge in [0.2, 0.25) is 0 Å². The fourth-order valence-corrected chi connectivity index (χ4v) is 3.81. The highest BCUT2D eigenvalue weighted by Crippen LogP contribution is 2.30. The second kappa shape index (κ2) is 7.14. The van der Waals surface area contributed by atoms with Crippen LogP contribution in [0.2, 0.25) is 0 Å². The Morgan fingerprint density at radius 2 is 1.90 bits per heavy atom. The molecule has 0 saturated carbocycles. The van der Waals surface area contributed by atoms with E-state index in [-0.39, 0.29) is 11.3 Å². The average molecular weight is 400 g/mol. The number of fused-ring (bicyclic) bond motifs is 2. The number of halogens is 1. The maximum atomic E-state index is 14.6. The van der Waals surface area contributed by atoms with Gasteiger partial charge in [0.15, 0.2) is 5.65 Å². The summed E-state index contributed by atoms with van der Waals surface area (Å²) in [5, 5.41) is -0.0330. The van der Waals surface area contributed by atoms with E-state index in [9.17, 15) is 9.18 Å². The monoisotopic (exact) mass is 400 g/mol. The Morgan fingerprint density at radius 3 is 2.70 bits per heavy atom. The zero-order chi connectivity index (χ0) is 20.7. The predicted octanol–water partition coefficient (Wildman–Crippen LogP) is 3.73. The summed E-state index contributed by atoms with van der Waals surface area (Å²) >= 11 is 0. The van der Waals surface area contributed by atoms with Gasteiger partial charge in [0.05, 0.1) is 29.1 Å². The number of hydrogen-bond acceptors (Lipinski definition) is 5. The number of aromatic amines is 1. The van der Waals surface area contributed by atoms with Crippen LogP contribution in [0.3, 0.4) is 0 Å². The average Bonchev–Trinajstić information content (AvgIpc) is 3.25. The predicted molar refractivity (Wildman–Crippen MR) is 111 cm³/mol. The normalized spacial score (nSPS) is 12.5.